The molecule has 1 rings (SSSR count). The third-order valence-corrected chi connectivity index (χ3v) is 2.15. The highest BCUT2D eigenvalue weighted by Gasteiger charge is 2.32. The maximum atomic E-state index is 12.5. The number of hydrogen-bond donors (Lipinski definition) is 3. The predicted octanol–water partition coefficient (Wildman–Crippen LogP) is 1.40. The summed E-state index contributed by atoms with van der Waals surface area (Å²) in [7, 11) is 0. The van der Waals surface area contributed by atoms with Crippen LogP contribution >= 0.6 is 0 Å². The smallest absolute Gasteiger partial charge is 0.416 e. The number of nitrogens with two attached hydrogens (primary N) is 1. The molecular formula is C10H10F3NO3. The number of hydrogen-bond acceptors (Lipinski definition) is 3. The van der Waals surface area contributed by atoms with Crippen LogP contribution < -0.4 is 5.73 Å². The van der Waals surface area contributed by atoms with Gasteiger partial charge in [-0.05, 0) is 23.8 Å². The molecule has 0 aliphatic rings. The molecule has 4 nitrogen and oxygen atoms in total. The number of benzene rings is 1. The fourth-order valence-corrected chi connectivity index (χ4v) is 1.26. The van der Waals surface area contributed by atoms with E-state index in [9.17, 15) is 18.0 Å². The van der Waals surface area contributed by atoms with Crippen molar-refractivity contribution >= 4 is 5.97 Å². The summed E-state index contributed by atoms with van der Waals surface area (Å²) in [5.41, 5.74) is 3.68. The third-order valence-electron chi connectivity index (χ3n) is 2.15. The fraction of sp³-hybridized carbons (Fsp3) is 0.300. The van der Waals surface area contributed by atoms with E-state index >= 15 is 0 Å². The Morgan fingerprint density at radius 1 is 1.35 bits per heavy atom. The number of carboxylic acid groups (broad SMARTS) is 1. The van der Waals surface area contributed by atoms with Gasteiger partial charge in [0.05, 0.1) is 23.8 Å². The fourth-order valence-electron chi connectivity index (χ4n) is 1.26. The largest absolute Gasteiger partial charge is 0.478 e. The normalized spacial score (nSPS) is 13.5. The molecule has 94 valence electrons. The molecule has 0 aliphatic carbocycles. The molecule has 1 aromatic carbocycles. The van der Waals surface area contributed by atoms with Gasteiger partial charge in [0.1, 0.15) is 0 Å². The summed E-state index contributed by atoms with van der Waals surface area (Å²) < 4.78 is 37.4. The van der Waals surface area contributed by atoms with E-state index in [1.807, 2.05) is 0 Å². The van der Waals surface area contributed by atoms with E-state index in [1.54, 1.807) is 0 Å². The van der Waals surface area contributed by atoms with Gasteiger partial charge in [-0.25, -0.2) is 4.79 Å². The van der Waals surface area contributed by atoms with Crippen molar-refractivity contribution in [2.24, 2.45) is 5.73 Å². The standard InChI is InChI=1S/C10H10F3NO3/c11-10(12,13)7-2-5(8(14)4-15)1-6(3-7)9(16)17/h1-3,8,15H,4,14H2,(H,16,17)/t8-/m1/s1. The summed E-state index contributed by atoms with van der Waals surface area (Å²) >= 11 is 0. The highest BCUT2D eigenvalue weighted by molar-refractivity contribution is 5.88. The lowest BCUT2D eigenvalue weighted by Crippen LogP contribution is -2.17. The molecule has 0 aliphatic heterocycles. The molecule has 0 saturated carbocycles. The Hall–Kier alpha value is -1.60. The van der Waals surface area contributed by atoms with Gasteiger partial charge in [-0.15, -0.1) is 0 Å². The number of aliphatic hydroxyl groups is 1. The SMILES string of the molecule is N[C@H](CO)c1cc(C(=O)O)cc(C(F)(F)F)c1. The minimum Gasteiger partial charge on any atom is -0.478 e. The first-order chi connectivity index (χ1) is 7.75. The molecule has 0 fully saturated rings. The van der Waals surface area contributed by atoms with Crippen molar-refractivity contribution < 1.29 is 28.2 Å². The number of alkyl halides is 3. The molecule has 0 heterocycles. The van der Waals surface area contributed by atoms with Gasteiger partial charge in [-0.1, -0.05) is 0 Å². The zero-order valence-corrected chi connectivity index (χ0v) is 8.53. The molecule has 7 heteroatoms. The van der Waals surface area contributed by atoms with Crippen molar-refractivity contribution in [2.75, 3.05) is 6.61 Å². The Morgan fingerprint density at radius 2 is 1.94 bits per heavy atom. The molecule has 1 atom stereocenters. The van der Waals surface area contributed by atoms with E-state index in [1.165, 1.54) is 0 Å². The minimum absolute atomic E-state index is 0.0697. The maximum Gasteiger partial charge on any atom is 0.416 e. The summed E-state index contributed by atoms with van der Waals surface area (Å²) in [6.45, 7) is -0.569. The van der Waals surface area contributed by atoms with Gasteiger partial charge in [-0.3, -0.25) is 0 Å². The Labute approximate surface area is 94.5 Å². The van der Waals surface area contributed by atoms with Gasteiger partial charge in [0.15, 0.2) is 0 Å². The Balaban J connectivity index is 3.34. The summed E-state index contributed by atoms with van der Waals surface area (Å²) in [6.07, 6.45) is -4.66. The Kier molecular flexibility index (Phi) is 3.74. The van der Waals surface area contributed by atoms with Gasteiger partial charge in [0.2, 0.25) is 0 Å². The number of rotatable bonds is 3. The van der Waals surface area contributed by atoms with Gasteiger partial charge in [-0.2, -0.15) is 13.2 Å². The molecule has 4 N–H and O–H groups in total. The number of halogens is 3. The molecule has 0 unspecified atom stereocenters. The summed E-state index contributed by atoms with van der Waals surface area (Å²) in [5, 5.41) is 17.4. The number of aliphatic hydroxyl groups excluding tert-OH is 1. The Morgan fingerprint density at radius 3 is 2.35 bits per heavy atom. The van der Waals surface area contributed by atoms with Gasteiger partial charge in [0, 0.05) is 0 Å². The van der Waals surface area contributed by atoms with Gasteiger partial charge < -0.3 is 15.9 Å². The monoisotopic (exact) mass is 249 g/mol. The van der Waals surface area contributed by atoms with E-state index in [0.717, 1.165) is 12.1 Å². The van der Waals surface area contributed by atoms with Crippen LogP contribution in [0.4, 0.5) is 13.2 Å². The first kappa shape index (κ1) is 13.5. The van der Waals surface area contributed by atoms with E-state index in [2.05, 4.69) is 0 Å². The second kappa shape index (κ2) is 4.72. The van der Waals surface area contributed by atoms with Crippen molar-refractivity contribution in [3.63, 3.8) is 0 Å². The van der Waals surface area contributed by atoms with Crippen LogP contribution in [0.3, 0.4) is 0 Å². The molecule has 17 heavy (non-hydrogen) atoms. The lowest BCUT2D eigenvalue weighted by molar-refractivity contribution is -0.137. The molecule has 1 aromatic rings. The van der Waals surface area contributed by atoms with Crippen LogP contribution in [0.15, 0.2) is 18.2 Å². The molecular weight excluding hydrogens is 239 g/mol. The zero-order valence-electron chi connectivity index (χ0n) is 8.53. The highest BCUT2D eigenvalue weighted by atomic mass is 19.4. The van der Waals surface area contributed by atoms with Crippen LogP contribution in [0.25, 0.3) is 0 Å². The van der Waals surface area contributed by atoms with Crippen molar-refractivity contribution in [3.8, 4) is 0 Å². The third kappa shape index (κ3) is 3.18. The highest BCUT2D eigenvalue weighted by Crippen LogP contribution is 2.31. The van der Waals surface area contributed by atoms with Crippen molar-refractivity contribution in [2.45, 2.75) is 12.2 Å². The average molecular weight is 249 g/mol. The van der Waals surface area contributed by atoms with Crippen molar-refractivity contribution in [1.82, 2.24) is 0 Å². The van der Waals surface area contributed by atoms with E-state index < -0.39 is 35.9 Å². The summed E-state index contributed by atoms with van der Waals surface area (Å²) in [6, 6.07) is 1.22. The first-order valence-corrected chi connectivity index (χ1v) is 4.57. The number of aromatic carboxylic acids is 1. The van der Waals surface area contributed by atoms with Crippen LogP contribution in [0.2, 0.25) is 0 Å². The maximum absolute atomic E-state index is 12.5. The predicted molar refractivity (Wildman–Crippen MR) is 52.4 cm³/mol. The van der Waals surface area contributed by atoms with Crippen LogP contribution in [0, 0.1) is 0 Å². The van der Waals surface area contributed by atoms with Crippen LogP contribution in [-0.2, 0) is 6.18 Å². The molecule has 0 spiro atoms. The summed E-state index contributed by atoms with van der Waals surface area (Å²) in [5.74, 6) is -1.48. The quantitative estimate of drug-likeness (QED) is 0.756. The summed E-state index contributed by atoms with van der Waals surface area (Å²) in [4.78, 5) is 10.7. The van der Waals surface area contributed by atoms with Crippen LogP contribution in [0.1, 0.15) is 27.5 Å². The van der Waals surface area contributed by atoms with Crippen molar-refractivity contribution in [3.05, 3.63) is 34.9 Å². The molecule has 0 bridgehead atoms. The Bertz CT molecular complexity index is 431. The molecule has 0 aromatic heterocycles. The number of carbonyl (C=O) groups is 1. The van der Waals surface area contributed by atoms with Crippen LogP contribution in [0.5, 0.6) is 0 Å². The minimum atomic E-state index is -4.66. The second-order valence-electron chi connectivity index (χ2n) is 3.44. The van der Waals surface area contributed by atoms with E-state index in [-0.39, 0.29) is 5.56 Å². The molecule has 0 radical (unpaired) electrons. The van der Waals surface area contributed by atoms with E-state index in [0.29, 0.717) is 6.07 Å². The first-order valence-electron chi connectivity index (χ1n) is 4.57. The topological polar surface area (TPSA) is 83.5 Å². The van der Waals surface area contributed by atoms with Gasteiger partial charge in [0.25, 0.3) is 0 Å². The zero-order chi connectivity index (χ0) is 13.2. The van der Waals surface area contributed by atoms with E-state index in [4.69, 9.17) is 15.9 Å². The van der Waals surface area contributed by atoms with Crippen LogP contribution in [-0.4, -0.2) is 22.8 Å². The molecule has 0 saturated heterocycles. The van der Waals surface area contributed by atoms with Crippen molar-refractivity contribution in [1.29, 1.82) is 0 Å². The number of carboxylic acids is 1. The molecule has 0 amide bonds. The average Bonchev–Trinajstić information content (AvgIpc) is 2.26. The lowest BCUT2D eigenvalue weighted by atomic mass is 10.0. The van der Waals surface area contributed by atoms with Gasteiger partial charge >= 0.3 is 12.1 Å². The second-order valence-corrected chi connectivity index (χ2v) is 3.44. The lowest BCUT2D eigenvalue weighted by Gasteiger charge is -2.13.